The van der Waals surface area contributed by atoms with Crippen molar-refractivity contribution in [2.75, 3.05) is 19.1 Å². The summed E-state index contributed by atoms with van der Waals surface area (Å²) in [6.07, 6.45) is 1.77. The standard InChI is InChI=1S/C18H15N3O4S2/c1-25-15-7-5-12(6-8-15)9-16-17(22)20(18(26)27-16)11-19-13-3-2-4-14(10-13)21(23)24/h2-10,19H,11H2,1H3. The van der Waals surface area contributed by atoms with Gasteiger partial charge in [0.25, 0.3) is 11.6 Å². The van der Waals surface area contributed by atoms with Gasteiger partial charge >= 0.3 is 0 Å². The van der Waals surface area contributed by atoms with Crippen molar-refractivity contribution < 1.29 is 14.5 Å². The second-order valence-electron chi connectivity index (χ2n) is 5.53. The lowest BCUT2D eigenvalue weighted by Crippen LogP contribution is -2.33. The van der Waals surface area contributed by atoms with Crippen LogP contribution in [-0.4, -0.2) is 33.8 Å². The summed E-state index contributed by atoms with van der Waals surface area (Å²) in [6, 6.07) is 13.4. The number of anilines is 1. The summed E-state index contributed by atoms with van der Waals surface area (Å²) >= 11 is 6.51. The number of non-ortho nitro benzene ring substituents is 1. The summed E-state index contributed by atoms with van der Waals surface area (Å²) in [4.78, 5) is 24.9. The van der Waals surface area contributed by atoms with Gasteiger partial charge in [-0.2, -0.15) is 0 Å². The lowest BCUT2D eigenvalue weighted by Gasteiger charge is -2.16. The summed E-state index contributed by atoms with van der Waals surface area (Å²) in [5.74, 6) is 0.527. The molecular weight excluding hydrogens is 386 g/mol. The molecule has 2 aromatic carbocycles. The molecular formula is C18H15N3O4S2. The van der Waals surface area contributed by atoms with E-state index in [0.29, 0.717) is 14.9 Å². The molecule has 0 spiro atoms. The first-order chi connectivity index (χ1) is 13.0. The van der Waals surface area contributed by atoms with Gasteiger partial charge in [-0.05, 0) is 29.8 Å². The summed E-state index contributed by atoms with van der Waals surface area (Å²) in [7, 11) is 1.59. The molecule has 1 amide bonds. The molecule has 7 nitrogen and oxygen atoms in total. The molecule has 2 aromatic rings. The number of thioether (sulfide) groups is 1. The second-order valence-corrected chi connectivity index (χ2v) is 7.20. The zero-order chi connectivity index (χ0) is 19.4. The molecule has 1 heterocycles. The van der Waals surface area contributed by atoms with Crippen LogP contribution in [0.1, 0.15) is 5.56 Å². The Labute approximate surface area is 165 Å². The van der Waals surface area contributed by atoms with Gasteiger partial charge in [0.2, 0.25) is 0 Å². The van der Waals surface area contributed by atoms with Crippen molar-refractivity contribution in [3.8, 4) is 5.75 Å². The number of nitrogens with zero attached hydrogens (tertiary/aromatic N) is 2. The molecule has 1 fully saturated rings. The predicted molar refractivity (Wildman–Crippen MR) is 110 cm³/mol. The Bertz CT molecular complexity index is 928. The monoisotopic (exact) mass is 401 g/mol. The van der Waals surface area contributed by atoms with Crippen LogP contribution in [0.5, 0.6) is 5.75 Å². The van der Waals surface area contributed by atoms with E-state index in [9.17, 15) is 14.9 Å². The van der Waals surface area contributed by atoms with Crippen LogP contribution in [0.15, 0.2) is 53.4 Å². The third kappa shape index (κ3) is 4.44. The smallest absolute Gasteiger partial charge is 0.271 e. The first-order valence-electron chi connectivity index (χ1n) is 7.85. The fourth-order valence-electron chi connectivity index (χ4n) is 2.39. The highest BCUT2D eigenvalue weighted by atomic mass is 32.2. The van der Waals surface area contributed by atoms with Crippen LogP contribution >= 0.6 is 24.0 Å². The van der Waals surface area contributed by atoms with E-state index in [1.54, 1.807) is 25.3 Å². The first-order valence-corrected chi connectivity index (χ1v) is 9.08. The van der Waals surface area contributed by atoms with Crippen LogP contribution < -0.4 is 10.1 Å². The largest absolute Gasteiger partial charge is 0.497 e. The number of benzene rings is 2. The molecule has 0 bridgehead atoms. The van der Waals surface area contributed by atoms with Crippen LogP contribution in [0.3, 0.4) is 0 Å². The number of hydrogen-bond acceptors (Lipinski definition) is 7. The second kappa shape index (κ2) is 8.19. The highest BCUT2D eigenvalue weighted by Gasteiger charge is 2.31. The molecule has 27 heavy (non-hydrogen) atoms. The van der Waals surface area contributed by atoms with E-state index >= 15 is 0 Å². The van der Waals surface area contributed by atoms with Crippen LogP contribution in [0.25, 0.3) is 6.08 Å². The van der Waals surface area contributed by atoms with Crippen LogP contribution in [0.2, 0.25) is 0 Å². The number of nitrogens with one attached hydrogen (secondary N) is 1. The molecule has 138 valence electrons. The lowest BCUT2D eigenvalue weighted by atomic mass is 10.2. The van der Waals surface area contributed by atoms with Gasteiger partial charge in [0.15, 0.2) is 0 Å². The quantitative estimate of drug-likeness (QED) is 0.340. The van der Waals surface area contributed by atoms with E-state index in [4.69, 9.17) is 17.0 Å². The molecule has 0 radical (unpaired) electrons. The number of carbonyl (C=O) groups excluding carboxylic acids is 1. The van der Waals surface area contributed by atoms with Gasteiger partial charge in [-0.15, -0.1) is 0 Å². The number of thiocarbonyl (C=S) groups is 1. The maximum absolute atomic E-state index is 12.6. The molecule has 0 aliphatic carbocycles. The zero-order valence-corrected chi connectivity index (χ0v) is 15.9. The Hall–Kier alpha value is -2.91. The summed E-state index contributed by atoms with van der Waals surface area (Å²) in [5.41, 5.74) is 1.38. The Balaban J connectivity index is 1.69. The van der Waals surface area contributed by atoms with Gasteiger partial charge in [-0.25, -0.2) is 0 Å². The van der Waals surface area contributed by atoms with Crippen molar-refractivity contribution in [3.63, 3.8) is 0 Å². The highest BCUT2D eigenvalue weighted by molar-refractivity contribution is 8.26. The molecule has 1 aliphatic heterocycles. The molecule has 1 N–H and O–H groups in total. The van der Waals surface area contributed by atoms with Crippen molar-refractivity contribution in [1.82, 2.24) is 4.90 Å². The molecule has 0 atom stereocenters. The molecule has 0 unspecified atom stereocenters. The fourth-order valence-corrected chi connectivity index (χ4v) is 3.64. The predicted octanol–water partition coefficient (Wildman–Crippen LogP) is 3.87. The summed E-state index contributed by atoms with van der Waals surface area (Å²) in [5, 5.41) is 13.8. The lowest BCUT2D eigenvalue weighted by molar-refractivity contribution is -0.384. The third-order valence-corrected chi connectivity index (χ3v) is 5.16. The van der Waals surface area contributed by atoms with E-state index in [0.717, 1.165) is 11.3 Å². The fraction of sp³-hybridized carbons (Fsp3) is 0.111. The molecule has 3 rings (SSSR count). The Morgan fingerprint density at radius 2 is 2.04 bits per heavy atom. The van der Waals surface area contributed by atoms with Gasteiger partial charge in [-0.1, -0.05) is 42.2 Å². The number of ether oxygens (including phenoxy) is 1. The van der Waals surface area contributed by atoms with Crippen LogP contribution in [0, 0.1) is 10.1 Å². The van der Waals surface area contributed by atoms with Crippen LogP contribution in [0.4, 0.5) is 11.4 Å². The molecule has 0 aromatic heterocycles. The highest BCUT2D eigenvalue weighted by Crippen LogP contribution is 2.32. The Morgan fingerprint density at radius 3 is 2.70 bits per heavy atom. The minimum absolute atomic E-state index is 0.0233. The maximum atomic E-state index is 12.6. The number of hydrogen-bond donors (Lipinski definition) is 1. The van der Waals surface area contributed by atoms with E-state index in [1.807, 2.05) is 24.3 Å². The molecule has 9 heteroatoms. The zero-order valence-electron chi connectivity index (χ0n) is 14.2. The van der Waals surface area contributed by atoms with Gasteiger partial charge in [-0.3, -0.25) is 19.8 Å². The number of amides is 1. The molecule has 1 saturated heterocycles. The van der Waals surface area contributed by atoms with E-state index in [2.05, 4.69) is 5.32 Å². The van der Waals surface area contributed by atoms with Gasteiger partial charge < -0.3 is 10.1 Å². The average molecular weight is 401 g/mol. The van der Waals surface area contributed by atoms with Gasteiger partial charge in [0.05, 0.1) is 23.6 Å². The topological polar surface area (TPSA) is 84.7 Å². The number of methoxy groups -OCH3 is 1. The van der Waals surface area contributed by atoms with Crippen molar-refractivity contribution in [3.05, 3.63) is 69.1 Å². The first kappa shape index (κ1) is 18.9. The Kier molecular flexibility index (Phi) is 5.72. The van der Waals surface area contributed by atoms with Crippen LogP contribution in [-0.2, 0) is 4.79 Å². The number of nitro groups is 1. The van der Waals surface area contributed by atoms with E-state index in [1.165, 1.54) is 28.8 Å². The normalized spacial score (nSPS) is 15.3. The third-order valence-electron chi connectivity index (χ3n) is 3.79. The van der Waals surface area contributed by atoms with Gasteiger partial charge in [0, 0.05) is 17.8 Å². The van der Waals surface area contributed by atoms with E-state index in [-0.39, 0.29) is 18.3 Å². The summed E-state index contributed by atoms with van der Waals surface area (Å²) < 4.78 is 5.55. The van der Waals surface area contributed by atoms with Crippen molar-refractivity contribution >= 4 is 51.7 Å². The van der Waals surface area contributed by atoms with Crippen molar-refractivity contribution in [2.45, 2.75) is 0 Å². The number of rotatable bonds is 6. The van der Waals surface area contributed by atoms with Gasteiger partial charge in [0.1, 0.15) is 10.1 Å². The minimum Gasteiger partial charge on any atom is -0.497 e. The number of nitro benzene ring substituents is 1. The minimum atomic E-state index is -0.470. The average Bonchev–Trinajstić information content (AvgIpc) is 2.94. The molecule has 0 saturated carbocycles. The van der Waals surface area contributed by atoms with Crippen molar-refractivity contribution in [1.29, 1.82) is 0 Å². The Morgan fingerprint density at radius 1 is 1.30 bits per heavy atom. The number of carbonyl (C=O) groups is 1. The maximum Gasteiger partial charge on any atom is 0.271 e. The van der Waals surface area contributed by atoms with Crippen molar-refractivity contribution in [2.24, 2.45) is 0 Å². The van der Waals surface area contributed by atoms with E-state index < -0.39 is 4.92 Å². The SMILES string of the molecule is COc1ccc(C=C2SC(=S)N(CNc3cccc([N+](=O)[O-])c3)C2=O)cc1. The molecule has 1 aliphatic rings. The summed E-state index contributed by atoms with van der Waals surface area (Å²) in [6.45, 7) is 0.131.